The Morgan fingerprint density at radius 2 is 1.98 bits per heavy atom. The van der Waals surface area contributed by atoms with Crippen LogP contribution in [0.5, 0.6) is 5.75 Å². The lowest BCUT2D eigenvalue weighted by molar-refractivity contribution is -0.00327. The summed E-state index contributed by atoms with van der Waals surface area (Å²) in [5.41, 5.74) is 1.82. The van der Waals surface area contributed by atoms with E-state index in [0.29, 0.717) is 38.4 Å². The van der Waals surface area contributed by atoms with Gasteiger partial charge in [-0.3, -0.25) is 9.69 Å². The van der Waals surface area contributed by atoms with Gasteiger partial charge in [-0.2, -0.15) is 0 Å². The smallest absolute Gasteiger partial charge is 0.264 e. The number of fused-ring (bicyclic) bond motifs is 4. The van der Waals surface area contributed by atoms with E-state index in [0.717, 1.165) is 42.8 Å². The molecule has 1 spiro atoms. The second kappa shape index (κ2) is 13.1. The zero-order valence-electron chi connectivity index (χ0n) is 27.8. The van der Waals surface area contributed by atoms with Crippen LogP contribution in [-0.4, -0.2) is 75.5 Å². The average Bonchev–Trinajstić information content (AvgIpc) is 3.14. The Morgan fingerprint density at radius 3 is 2.72 bits per heavy atom. The Hall–Kier alpha value is -3.03. The maximum atomic E-state index is 13.5. The molecule has 10 heteroatoms. The minimum Gasteiger partial charge on any atom is -0.490 e. The summed E-state index contributed by atoms with van der Waals surface area (Å²) in [5, 5.41) is 12.1. The van der Waals surface area contributed by atoms with Crippen LogP contribution in [-0.2, 0) is 21.9 Å². The Bertz CT molecular complexity index is 1730. The molecule has 0 radical (unpaired) electrons. The third kappa shape index (κ3) is 6.80. The maximum absolute atomic E-state index is 13.5. The van der Waals surface area contributed by atoms with Crippen molar-refractivity contribution in [3.63, 3.8) is 0 Å². The fourth-order valence-corrected chi connectivity index (χ4v) is 9.22. The number of carbonyl (C=O) groups excluding carboxylic acids is 1. The molecule has 2 heterocycles. The van der Waals surface area contributed by atoms with Gasteiger partial charge >= 0.3 is 0 Å². The molecule has 0 saturated heterocycles. The molecule has 0 aromatic heterocycles. The quantitative estimate of drug-likeness (QED) is 0.317. The first-order chi connectivity index (χ1) is 22.3. The molecule has 2 aromatic carbocycles. The molecule has 252 valence electrons. The van der Waals surface area contributed by atoms with Crippen LogP contribution in [0.4, 0.5) is 5.69 Å². The number of carbonyl (C=O) groups is 1. The van der Waals surface area contributed by atoms with Crippen molar-refractivity contribution in [3.8, 4) is 17.6 Å². The summed E-state index contributed by atoms with van der Waals surface area (Å²) in [6.07, 6.45) is 8.72. The van der Waals surface area contributed by atoms with Crippen molar-refractivity contribution < 1.29 is 23.1 Å². The van der Waals surface area contributed by atoms with Gasteiger partial charge in [0, 0.05) is 35.0 Å². The van der Waals surface area contributed by atoms with E-state index >= 15 is 0 Å². The van der Waals surface area contributed by atoms with Crippen molar-refractivity contribution in [2.24, 2.45) is 17.8 Å². The summed E-state index contributed by atoms with van der Waals surface area (Å²) in [4.78, 5) is 17.7. The minimum absolute atomic E-state index is 0.106. The average molecular weight is 680 g/mol. The lowest BCUT2D eigenvalue weighted by Crippen LogP contribution is -2.52. The molecule has 4 aliphatic rings. The third-order valence-electron chi connectivity index (χ3n) is 10.8. The SMILES string of the molecule is C[C@@H]1[C@@H](C)C/C=C/[C@@](O)(C#CCN(C)C)[C@@H]2CC[C@H]2CN2C[C@@]3(CCCc4cc(Cl)ccc43)COc3ccc(cc32)C(=O)NS1(=O)=O. The van der Waals surface area contributed by atoms with Gasteiger partial charge < -0.3 is 14.7 Å². The standard InChI is InChI=1S/C37H46ClN3O5S/c1-25-8-5-17-37(43,18-7-19-40(3)4)32-13-10-29(32)22-41-23-36(16-6-9-27-20-30(38)12-14-31(27)36)24-46-34-15-11-28(21-33(34)41)35(42)39-47(44,45)26(25)2/h5,11-12,14-15,17,20-21,25-26,29,32,43H,6,8-10,13,16,19,22-24H2,1-4H3,(H,39,42)/b17-5+/t25-,26+,29-,32+,36-,37+/m0/s1. The molecule has 2 aliphatic heterocycles. The highest BCUT2D eigenvalue weighted by Crippen LogP contribution is 2.48. The molecular weight excluding hydrogens is 634 g/mol. The molecule has 0 unspecified atom stereocenters. The highest BCUT2D eigenvalue weighted by molar-refractivity contribution is 7.90. The van der Waals surface area contributed by atoms with Crippen molar-refractivity contribution in [1.82, 2.24) is 9.62 Å². The number of hydrogen-bond acceptors (Lipinski definition) is 7. The van der Waals surface area contributed by atoms with Crippen LogP contribution in [0.25, 0.3) is 0 Å². The number of halogens is 1. The van der Waals surface area contributed by atoms with Gasteiger partial charge in [0.2, 0.25) is 10.0 Å². The molecule has 6 rings (SSSR count). The fourth-order valence-electron chi connectivity index (χ4n) is 7.74. The first-order valence-electron chi connectivity index (χ1n) is 16.7. The number of sulfonamides is 1. The topological polar surface area (TPSA) is 99.2 Å². The van der Waals surface area contributed by atoms with E-state index < -0.39 is 26.8 Å². The van der Waals surface area contributed by atoms with Gasteiger partial charge in [-0.1, -0.05) is 42.5 Å². The van der Waals surface area contributed by atoms with Gasteiger partial charge in [0.1, 0.15) is 11.4 Å². The summed E-state index contributed by atoms with van der Waals surface area (Å²) < 4.78 is 35.6. The summed E-state index contributed by atoms with van der Waals surface area (Å²) in [5.74, 6) is 6.11. The van der Waals surface area contributed by atoms with Crippen molar-refractivity contribution >= 4 is 33.2 Å². The molecular formula is C37H46ClN3O5S. The van der Waals surface area contributed by atoms with Crippen molar-refractivity contribution in [1.29, 1.82) is 0 Å². The molecule has 2 N–H and O–H groups in total. The summed E-state index contributed by atoms with van der Waals surface area (Å²) in [6.45, 7) is 5.73. The van der Waals surface area contributed by atoms with Gasteiger partial charge in [-0.05, 0) is 119 Å². The predicted molar refractivity (Wildman–Crippen MR) is 186 cm³/mol. The monoisotopic (exact) mass is 679 g/mol. The number of anilines is 1. The van der Waals surface area contributed by atoms with E-state index in [2.05, 4.69) is 33.6 Å². The summed E-state index contributed by atoms with van der Waals surface area (Å²) in [6, 6.07) is 11.3. The molecule has 47 heavy (non-hydrogen) atoms. The fraction of sp³-hybridized carbons (Fsp3) is 0.541. The van der Waals surface area contributed by atoms with Crippen LogP contribution < -0.4 is 14.4 Å². The van der Waals surface area contributed by atoms with E-state index in [1.54, 1.807) is 31.2 Å². The van der Waals surface area contributed by atoms with E-state index in [1.807, 2.05) is 38.1 Å². The molecule has 2 bridgehead atoms. The lowest BCUT2D eigenvalue weighted by atomic mass is 9.64. The normalized spacial score (nSPS) is 32.4. The Kier molecular flexibility index (Phi) is 9.45. The van der Waals surface area contributed by atoms with E-state index in [9.17, 15) is 18.3 Å². The largest absolute Gasteiger partial charge is 0.490 e. The van der Waals surface area contributed by atoms with Crippen LogP contribution in [0.1, 0.15) is 67.4 Å². The number of amides is 1. The second-order valence-electron chi connectivity index (χ2n) is 14.4. The Morgan fingerprint density at radius 1 is 1.17 bits per heavy atom. The minimum atomic E-state index is -3.98. The number of ether oxygens (including phenoxy) is 1. The molecule has 1 amide bonds. The Balaban J connectivity index is 1.45. The highest BCUT2D eigenvalue weighted by Gasteiger charge is 2.47. The number of aryl methyl sites for hydroxylation is 1. The number of benzene rings is 2. The van der Waals surface area contributed by atoms with Crippen molar-refractivity contribution in [2.45, 2.75) is 68.6 Å². The first-order valence-corrected chi connectivity index (χ1v) is 18.6. The zero-order chi connectivity index (χ0) is 33.6. The second-order valence-corrected chi connectivity index (χ2v) is 16.9. The number of aliphatic hydroxyl groups is 1. The number of rotatable bonds is 1. The molecule has 2 aromatic rings. The van der Waals surface area contributed by atoms with E-state index in [1.165, 1.54) is 11.1 Å². The number of hydrogen-bond donors (Lipinski definition) is 2. The summed E-state index contributed by atoms with van der Waals surface area (Å²) >= 11 is 6.43. The zero-order valence-corrected chi connectivity index (χ0v) is 29.3. The van der Waals surface area contributed by atoms with Crippen molar-refractivity contribution in [3.05, 3.63) is 70.3 Å². The molecule has 2 aliphatic carbocycles. The van der Waals surface area contributed by atoms with Crippen LogP contribution in [0.2, 0.25) is 5.02 Å². The highest BCUT2D eigenvalue weighted by atomic mass is 35.5. The van der Waals surface area contributed by atoms with Crippen LogP contribution in [0.3, 0.4) is 0 Å². The van der Waals surface area contributed by atoms with Crippen LogP contribution in [0.15, 0.2) is 48.6 Å². The van der Waals surface area contributed by atoms with Crippen LogP contribution >= 0.6 is 11.6 Å². The van der Waals surface area contributed by atoms with Gasteiger partial charge in [-0.25, -0.2) is 13.1 Å². The van der Waals surface area contributed by atoms with E-state index in [-0.39, 0.29) is 28.7 Å². The molecule has 1 saturated carbocycles. The van der Waals surface area contributed by atoms with Gasteiger partial charge in [-0.15, -0.1) is 0 Å². The molecule has 6 atom stereocenters. The maximum Gasteiger partial charge on any atom is 0.264 e. The van der Waals surface area contributed by atoms with Crippen molar-refractivity contribution in [2.75, 3.05) is 45.2 Å². The predicted octanol–water partition coefficient (Wildman–Crippen LogP) is 5.18. The summed E-state index contributed by atoms with van der Waals surface area (Å²) in [7, 11) is -0.0892. The Labute approximate surface area is 284 Å². The number of allylic oxidation sites excluding steroid dienone is 1. The van der Waals surface area contributed by atoms with Gasteiger partial charge in [0.05, 0.1) is 24.1 Å². The van der Waals surface area contributed by atoms with E-state index in [4.69, 9.17) is 16.3 Å². The molecule has 1 fully saturated rings. The van der Waals surface area contributed by atoms with Gasteiger partial charge in [0.25, 0.3) is 5.91 Å². The van der Waals surface area contributed by atoms with Crippen LogP contribution in [0, 0.1) is 29.6 Å². The number of nitrogens with zero attached hydrogens (tertiary/aromatic N) is 2. The molecule has 8 nitrogen and oxygen atoms in total. The number of nitrogens with one attached hydrogen (secondary N) is 1. The third-order valence-corrected chi connectivity index (χ3v) is 13.0. The lowest BCUT2D eigenvalue weighted by Gasteiger charge is -2.47. The first kappa shape index (κ1) is 33.9. The van der Waals surface area contributed by atoms with Gasteiger partial charge in [0.15, 0.2) is 0 Å².